The Hall–Kier alpha value is -1.24. The lowest BCUT2D eigenvalue weighted by molar-refractivity contribution is 0.0754. The van der Waals surface area contributed by atoms with E-state index in [9.17, 15) is 8.78 Å². The molecule has 3 N–H and O–H groups in total. The Labute approximate surface area is 118 Å². The van der Waals surface area contributed by atoms with Crippen LogP contribution in [0.5, 0.6) is 5.75 Å². The Balaban J connectivity index is 2.32. The molecule has 0 bridgehead atoms. The molecule has 0 fully saturated rings. The average molecular weight is 288 g/mol. The number of rotatable bonds is 10. The zero-order valence-electron chi connectivity index (χ0n) is 11.5. The minimum absolute atomic E-state index is 0.121. The zero-order valence-corrected chi connectivity index (χ0v) is 11.5. The van der Waals surface area contributed by atoms with Gasteiger partial charge in [-0.3, -0.25) is 4.90 Å². The number of ether oxygens (including phenoxy) is 1. The summed E-state index contributed by atoms with van der Waals surface area (Å²) in [5.41, 5.74) is 6.52. The lowest BCUT2D eigenvalue weighted by Gasteiger charge is -2.20. The lowest BCUT2D eigenvalue weighted by Crippen LogP contribution is -2.33. The second kappa shape index (κ2) is 9.63. The summed E-state index contributed by atoms with van der Waals surface area (Å²) in [7, 11) is 0. The number of aliphatic hydroxyl groups is 1. The number of alkyl halides is 2. The minimum Gasteiger partial charge on any atom is -0.493 e. The van der Waals surface area contributed by atoms with Crippen LogP contribution in [0.1, 0.15) is 12.0 Å². The maximum absolute atomic E-state index is 12.3. The summed E-state index contributed by atoms with van der Waals surface area (Å²) in [5, 5.41) is 8.82. The van der Waals surface area contributed by atoms with Crippen molar-refractivity contribution in [3.05, 3.63) is 29.8 Å². The fourth-order valence-electron chi connectivity index (χ4n) is 1.91. The van der Waals surface area contributed by atoms with Crippen LogP contribution < -0.4 is 10.5 Å². The van der Waals surface area contributed by atoms with Gasteiger partial charge in [0.2, 0.25) is 0 Å². The van der Waals surface area contributed by atoms with Crippen LogP contribution in [0.2, 0.25) is 0 Å². The van der Waals surface area contributed by atoms with Gasteiger partial charge >= 0.3 is 0 Å². The van der Waals surface area contributed by atoms with E-state index < -0.39 is 6.43 Å². The van der Waals surface area contributed by atoms with Crippen LogP contribution in [-0.4, -0.2) is 49.3 Å². The van der Waals surface area contributed by atoms with Gasteiger partial charge in [0.1, 0.15) is 5.75 Å². The number of para-hydroxylation sites is 1. The van der Waals surface area contributed by atoms with Crippen molar-refractivity contribution in [2.45, 2.75) is 19.4 Å². The van der Waals surface area contributed by atoms with Crippen molar-refractivity contribution in [3.8, 4) is 5.75 Å². The van der Waals surface area contributed by atoms with Gasteiger partial charge in [0.15, 0.2) is 0 Å². The third-order valence-corrected chi connectivity index (χ3v) is 2.88. The molecular formula is C14H22F2N2O2. The zero-order chi connectivity index (χ0) is 14.8. The maximum Gasteiger partial charge on any atom is 0.251 e. The van der Waals surface area contributed by atoms with E-state index in [1.54, 1.807) is 0 Å². The topological polar surface area (TPSA) is 58.7 Å². The first-order chi connectivity index (χ1) is 9.67. The van der Waals surface area contributed by atoms with Crippen molar-refractivity contribution in [1.82, 2.24) is 4.90 Å². The molecule has 0 heterocycles. The van der Waals surface area contributed by atoms with Crippen molar-refractivity contribution in [2.75, 3.05) is 32.8 Å². The van der Waals surface area contributed by atoms with E-state index in [2.05, 4.69) is 0 Å². The van der Waals surface area contributed by atoms with Crippen LogP contribution in [0.4, 0.5) is 8.78 Å². The van der Waals surface area contributed by atoms with Crippen LogP contribution in [0.25, 0.3) is 0 Å². The summed E-state index contributed by atoms with van der Waals surface area (Å²) in [4.78, 5) is 1.53. The predicted molar refractivity (Wildman–Crippen MR) is 74.0 cm³/mol. The van der Waals surface area contributed by atoms with Crippen LogP contribution in [0.15, 0.2) is 24.3 Å². The number of hydrogen-bond donors (Lipinski definition) is 2. The van der Waals surface area contributed by atoms with Crippen LogP contribution in [-0.2, 0) is 6.54 Å². The van der Waals surface area contributed by atoms with Gasteiger partial charge in [0.25, 0.3) is 6.43 Å². The lowest BCUT2D eigenvalue weighted by atomic mass is 10.2. The number of halogens is 2. The van der Waals surface area contributed by atoms with E-state index in [1.165, 1.54) is 4.90 Å². The number of hydrogen-bond acceptors (Lipinski definition) is 4. The molecule has 6 heteroatoms. The molecule has 0 aliphatic rings. The molecule has 1 aromatic rings. The SMILES string of the molecule is NCc1ccccc1OCCCN(CCO)CC(F)F. The average Bonchev–Trinajstić information content (AvgIpc) is 2.43. The summed E-state index contributed by atoms with van der Waals surface area (Å²) in [6.07, 6.45) is -1.77. The Morgan fingerprint density at radius 2 is 2.00 bits per heavy atom. The smallest absolute Gasteiger partial charge is 0.251 e. The second-order valence-electron chi connectivity index (χ2n) is 4.43. The highest BCUT2D eigenvalue weighted by atomic mass is 19.3. The molecule has 114 valence electrons. The minimum atomic E-state index is -2.39. The quantitative estimate of drug-likeness (QED) is 0.640. The molecule has 0 atom stereocenters. The molecule has 20 heavy (non-hydrogen) atoms. The Kier molecular flexibility index (Phi) is 8.10. The first-order valence-corrected chi connectivity index (χ1v) is 6.69. The molecule has 1 aromatic carbocycles. The van der Waals surface area contributed by atoms with Crippen LogP contribution in [0.3, 0.4) is 0 Å². The molecule has 0 spiro atoms. The van der Waals surface area contributed by atoms with Gasteiger partial charge in [-0.1, -0.05) is 18.2 Å². The Morgan fingerprint density at radius 1 is 1.25 bits per heavy atom. The number of nitrogens with zero attached hydrogens (tertiary/aromatic N) is 1. The molecular weight excluding hydrogens is 266 g/mol. The third-order valence-electron chi connectivity index (χ3n) is 2.88. The van der Waals surface area contributed by atoms with Crippen molar-refractivity contribution in [2.24, 2.45) is 5.73 Å². The molecule has 0 unspecified atom stereocenters. The van der Waals surface area contributed by atoms with Gasteiger partial charge in [0.05, 0.1) is 19.8 Å². The normalized spacial score (nSPS) is 11.3. The molecule has 1 rings (SSSR count). The molecule has 0 aromatic heterocycles. The van der Waals surface area contributed by atoms with Crippen molar-refractivity contribution in [3.63, 3.8) is 0 Å². The van der Waals surface area contributed by atoms with Gasteiger partial charge in [-0.25, -0.2) is 8.78 Å². The molecule has 0 aliphatic heterocycles. The summed E-state index contributed by atoms with van der Waals surface area (Å²) in [6.45, 7) is 1.11. The van der Waals surface area contributed by atoms with E-state index in [1.807, 2.05) is 24.3 Å². The van der Waals surface area contributed by atoms with Crippen LogP contribution in [0, 0.1) is 0 Å². The highest BCUT2D eigenvalue weighted by molar-refractivity contribution is 5.32. The molecule has 0 aliphatic carbocycles. The summed E-state index contributed by atoms with van der Waals surface area (Å²) < 4.78 is 30.2. The van der Waals surface area contributed by atoms with Crippen molar-refractivity contribution < 1.29 is 18.6 Å². The van der Waals surface area contributed by atoms with Gasteiger partial charge in [-0.05, 0) is 12.5 Å². The standard InChI is InChI=1S/C14H22F2N2O2/c15-14(16)11-18(7-8-19)6-3-9-20-13-5-2-1-4-12(13)10-17/h1-2,4-5,14,19H,3,6-11,17H2. The largest absolute Gasteiger partial charge is 0.493 e. The molecule has 4 nitrogen and oxygen atoms in total. The molecule has 0 radical (unpaired) electrons. The Bertz CT molecular complexity index is 378. The monoisotopic (exact) mass is 288 g/mol. The van der Waals surface area contributed by atoms with Gasteiger partial charge < -0.3 is 15.6 Å². The highest BCUT2D eigenvalue weighted by Gasteiger charge is 2.11. The van der Waals surface area contributed by atoms with Gasteiger partial charge in [-0.2, -0.15) is 0 Å². The van der Waals surface area contributed by atoms with Crippen molar-refractivity contribution in [1.29, 1.82) is 0 Å². The van der Waals surface area contributed by atoms with Gasteiger partial charge in [-0.15, -0.1) is 0 Å². The third kappa shape index (κ3) is 6.27. The number of aliphatic hydroxyl groups excluding tert-OH is 1. The Morgan fingerprint density at radius 3 is 2.65 bits per heavy atom. The van der Waals surface area contributed by atoms with E-state index >= 15 is 0 Å². The molecule has 0 amide bonds. The summed E-state index contributed by atoms with van der Waals surface area (Å²) >= 11 is 0. The fourth-order valence-corrected chi connectivity index (χ4v) is 1.91. The van der Waals surface area contributed by atoms with E-state index in [4.69, 9.17) is 15.6 Å². The van der Waals surface area contributed by atoms with E-state index in [-0.39, 0.29) is 19.7 Å². The first kappa shape index (κ1) is 16.8. The van der Waals surface area contributed by atoms with Crippen LogP contribution >= 0.6 is 0 Å². The number of nitrogens with two attached hydrogens (primary N) is 1. The first-order valence-electron chi connectivity index (χ1n) is 6.69. The van der Waals surface area contributed by atoms with Gasteiger partial charge in [0, 0.05) is 25.2 Å². The number of benzene rings is 1. The summed E-state index contributed by atoms with van der Waals surface area (Å²) in [6, 6.07) is 7.49. The second-order valence-corrected chi connectivity index (χ2v) is 4.43. The fraction of sp³-hybridized carbons (Fsp3) is 0.571. The van der Waals surface area contributed by atoms with E-state index in [0.29, 0.717) is 26.1 Å². The van der Waals surface area contributed by atoms with E-state index in [0.717, 1.165) is 11.3 Å². The molecule has 0 saturated carbocycles. The predicted octanol–water partition coefficient (Wildman–Crippen LogP) is 1.47. The van der Waals surface area contributed by atoms with Crippen molar-refractivity contribution >= 4 is 0 Å². The maximum atomic E-state index is 12.3. The highest BCUT2D eigenvalue weighted by Crippen LogP contribution is 2.17. The summed E-state index contributed by atoms with van der Waals surface area (Å²) in [5.74, 6) is 0.734. The molecule has 0 saturated heterocycles.